The second-order valence-corrected chi connectivity index (χ2v) is 5.20. The van der Waals surface area contributed by atoms with Crippen LogP contribution in [0.1, 0.15) is 11.7 Å². The highest BCUT2D eigenvalue weighted by Gasteiger charge is 2.09. The maximum Gasteiger partial charge on any atom is 0.250 e. The van der Waals surface area contributed by atoms with Gasteiger partial charge in [-0.2, -0.15) is 0 Å². The smallest absolute Gasteiger partial charge is 0.250 e. The molecule has 24 heavy (non-hydrogen) atoms. The number of aromatic nitrogens is 4. The summed E-state index contributed by atoms with van der Waals surface area (Å²) in [6.45, 7) is 1.94. The minimum Gasteiger partial charge on any atom is -0.421 e. The molecule has 0 spiro atoms. The monoisotopic (exact) mass is 327 g/mol. The van der Waals surface area contributed by atoms with Gasteiger partial charge in [0.1, 0.15) is 19.0 Å². The van der Waals surface area contributed by atoms with E-state index in [1.807, 2.05) is 23.9 Å². The zero-order valence-electron chi connectivity index (χ0n) is 13.4. The van der Waals surface area contributed by atoms with Gasteiger partial charge in [0.25, 0.3) is 0 Å². The van der Waals surface area contributed by atoms with Gasteiger partial charge >= 0.3 is 0 Å². The van der Waals surface area contributed by atoms with Crippen LogP contribution in [-0.4, -0.2) is 32.3 Å². The number of imidazole rings is 1. The third kappa shape index (κ3) is 3.85. The van der Waals surface area contributed by atoms with Gasteiger partial charge in [-0.15, -0.1) is 10.2 Å². The van der Waals surface area contributed by atoms with Crippen LogP contribution < -0.4 is 5.32 Å². The average Bonchev–Trinajstić information content (AvgIpc) is 3.17. The molecule has 0 aliphatic heterocycles. The topological polar surface area (TPSA) is 95.1 Å². The van der Waals surface area contributed by atoms with Crippen LogP contribution in [0.15, 0.2) is 41.1 Å². The summed E-state index contributed by atoms with van der Waals surface area (Å²) >= 11 is 0. The third-order valence-corrected chi connectivity index (χ3v) is 3.30. The van der Waals surface area contributed by atoms with Gasteiger partial charge in [0.05, 0.1) is 0 Å². The minimum atomic E-state index is -0.247. The summed E-state index contributed by atoms with van der Waals surface area (Å²) in [6, 6.07) is 7.19. The van der Waals surface area contributed by atoms with Crippen molar-refractivity contribution in [2.45, 2.75) is 13.5 Å². The fraction of sp³-hybridized carbons (Fsp3) is 0.250. The van der Waals surface area contributed by atoms with Gasteiger partial charge in [-0.25, -0.2) is 4.98 Å². The summed E-state index contributed by atoms with van der Waals surface area (Å²) in [7, 11) is 1.87. The highest BCUT2D eigenvalue weighted by Crippen LogP contribution is 2.21. The first-order chi connectivity index (χ1) is 11.6. The van der Waals surface area contributed by atoms with E-state index in [2.05, 4.69) is 20.5 Å². The van der Waals surface area contributed by atoms with Crippen molar-refractivity contribution in [2.24, 2.45) is 7.05 Å². The van der Waals surface area contributed by atoms with E-state index >= 15 is 0 Å². The number of carbonyl (C=O) groups excluding carboxylic acids is 1. The molecule has 2 aromatic heterocycles. The molecule has 3 aromatic rings. The summed E-state index contributed by atoms with van der Waals surface area (Å²) in [5, 5.41) is 10.5. The lowest BCUT2D eigenvalue weighted by molar-refractivity contribution is -0.121. The van der Waals surface area contributed by atoms with E-state index < -0.39 is 0 Å². The molecule has 0 aliphatic rings. The lowest BCUT2D eigenvalue weighted by Crippen LogP contribution is -2.18. The van der Waals surface area contributed by atoms with Crippen molar-refractivity contribution >= 4 is 11.6 Å². The molecule has 0 bridgehead atoms. The van der Waals surface area contributed by atoms with Crippen LogP contribution in [-0.2, 0) is 23.2 Å². The first kappa shape index (κ1) is 15.9. The molecule has 1 N–H and O–H groups in total. The molecule has 8 nitrogen and oxygen atoms in total. The Morgan fingerprint density at radius 2 is 2.25 bits per heavy atom. The van der Waals surface area contributed by atoms with Gasteiger partial charge in [0, 0.05) is 37.6 Å². The second-order valence-electron chi connectivity index (χ2n) is 5.20. The lowest BCUT2D eigenvalue weighted by atomic mass is 10.2. The van der Waals surface area contributed by atoms with Crippen molar-refractivity contribution in [3.05, 3.63) is 48.4 Å². The molecule has 1 aromatic carbocycles. The molecule has 2 heterocycles. The number of benzene rings is 1. The van der Waals surface area contributed by atoms with Crippen LogP contribution in [0.3, 0.4) is 0 Å². The highest BCUT2D eigenvalue weighted by molar-refractivity contribution is 5.92. The molecule has 0 radical (unpaired) electrons. The van der Waals surface area contributed by atoms with E-state index in [4.69, 9.17) is 9.15 Å². The van der Waals surface area contributed by atoms with Crippen LogP contribution in [0.2, 0.25) is 0 Å². The molecular weight excluding hydrogens is 310 g/mol. The number of hydrogen-bond acceptors (Lipinski definition) is 6. The molecule has 0 saturated heterocycles. The van der Waals surface area contributed by atoms with Crippen LogP contribution >= 0.6 is 0 Å². The van der Waals surface area contributed by atoms with Gasteiger partial charge in [0.2, 0.25) is 17.7 Å². The molecule has 0 atom stereocenters. The zero-order chi connectivity index (χ0) is 16.9. The number of hydrogen-bond donors (Lipinski definition) is 1. The molecule has 0 unspecified atom stereocenters. The Morgan fingerprint density at radius 3 is 2.96 bits per heavy atom. The first-order valence-corrected chi connectivity index (χ1v) is 7.36. The number of rotatable bonds is 6. The number of ether oxygens (including phenoxy) is 1. The van der Waals surface area contributed by atoms with E-state index in [-0.39, 0.29) is 19.1 Å². The zero-order valence-corrected chi connectivity index (χ0v) is 13.4. The Balaban J connectivity index is 1.55. The Hall–Kier alpha value is -3.00. The van der Waals surface area contributed by atoms with E-state index in [0.29, 0.717) is 17.5 Å². The predicted octanol–water partition coefficient (Wildman–Crippen LogP) is 1.93. The minimum absolute atomic E-state index is 0.0588. The molecular formula is C16H17N5O3. The number of nitrogens with zero attached hydrogens (tertiary/aromatic N) is 4. The van der Waals surface area contributed by atoms with Crippen molar-refractivity contribution in [1.29, 1.82) is 0 Å². The van der Waals surface area contributed by atoms with Gasteiger partial charge in [-0.05, 0) is 18.2 Å². The van der Waals surface area contributed by atoms with Gasteiger partial charge in [0.15, 0.2) is 0 Å². The molecule has 0 aliphatic carbocycles. The summed E-state index contributed by atoms with van der Waals surface area (Å²) in [5.41, 5.74) is 1.37. The van der Waals surface area contributed by atoms with Crippen LogP contribution in [0.4, 0.5) is 5.69 Å². The maximum absolute atomic E-state index is 12.0. The third-order valence-electron chi connectivity index (χ3n) is 3.30. The summed E-state index contributed by atoms with van der Waals surface area (Å²) in [4.78, 5) is 16.1. The van der Waals surface area contributed by atoms with Crippen molar-refractivity contribution in [2.75, 3.05) is 11.9 Å². The Kier molecular flexibility index (Phi) is 4.66. The van der Waals surface area contributed by atoms with E-state index in [9.17, 15) is 4.79 Å². The summed E-state index contributed by atoms with van der Waals surface area (Å²) in [5.74, 6) is 1.41. The average molecular weight is 327 g/mol. The van der Waals surface area contributed by atoms with Crippen LogP contribution in [0.5, 0.6) is 0 Å². The van der Waals surface area contributed by atoms with Gasteiger partial charge in [-0.3, -0.25) is 4.79 Å². The number of amides is 1. The molecule has 124 valence electrons. The normalized spacial score (nSPS) is 10.8. The van der Waals surface area contributed by atoms with Crippen molar-refractivity contribution < 1.29 is 13.9 Å². The van der Waals surface area contributed by atoms with Crippen LogP contribution in [0, 0.1) is 6.92 Å². The molecule has 8 heteroatoms. The van der Waals surface area contributed by atoms with Crippen molar-refractivity contribution in [1.82, 2.24) is 19.7 Å². The molecule has 3 rings (SSSR count). The standard InChI is InChI=1S/C16H17N5O3/c1-11-19-20-16(24-11)12-4-3-5-13(8-12)18-15(22)10-23-9-14-17-6-7-21(14)2/h3-8H,9-10H2,1-2H3,(H,18,22). The summed E-state index contributed by atoms with van der Waals surface area (Å²) in [6.07, 6.45) is 3.51. The van der Waals surface area contributed by atoms with Crippen LogP contribution in [0.25, 0.3) is 11.5 Å². The van der Waals surface area contributed by atoms with E-state index in [1.165, 1.54) is 0 Å². The van der Waals surface area contributed by atoms with Crippen molar-refractivity contribution in [3.63, 3.8) is 0 Å². The Labute approximate surface area is 138 Å². The number of aryl methyl sites for hydroxylation is 2. The number of anilines is 1. The molecule has 0 saturated carbocycles. The second kappa shape index (κ2) is 7.05. The molecule has 0 fully saturated rings. The number of carbonyl (C=O) groups is 1. The largest absolute Gasteiger partial charge is 0.421 e. The lowest BCUT2D eigenvalue weighted by Gasteiger charge is -2.07. The van der Waals surface area contributed by atoms with E-state index in [1.54, 1.807) is 31.3 Å². The molecule has 1 amide bonds. The summed E-state index contributed by atoms with van der Waals surface area (Å²) < 4.78 is 12.6. The van der Waals surface area contributed by atoms with Crippen molar-refractivity contribution in [3.8, 4) is 11.5 Å². The number of nitrogens with one attached hydrogen (secondary N) is 1. The van der Waals surface area contributed by atoms with E-state index in [0.717, 1.165) is 11.4 Å². The van der Waals surface area contributed by atoms with Gasteiger partial charge in [-0.1, -0.05) is 6.07 Å². The maximum atomic E-state index is 12.0. The highest BCUT2D eigenvalue weighted by atomic mass is 16.5. The Bertz CT molecular complexity index is 840. The fourth-order valence-electron chi connectivity index (χ4n) is 2.11. The quantitative estimate of drug-likeness (QED) is 0.743. The predicted molar refractivity (Wildman–Crippen MR) is 86.0 cm³/mol. The Morgan fingerprint density at radius 1 is 1.38 bits per heavy atom. The first-order valence-electron chi connectivity index (χ1n) is 7.36. The SMILES string of the molecule is Cc1nnc(-c2cccc(NC(=O)COCc3nccn3C)c2)o1. The fourth-order valence-corrected chi connectivity index (χ4v) is 2.11. The van der Waals surface area contributed by atoms with Gasteiger partial charge < -0.3 is 19.0 Å².